The van der Waals surface area contributed by atoms with Gasteiger partial charge in [-0.15, -0.1) is 0 Å². The van der Waals surface area contributed by atoms with Crippen LogP contribution in [-0.2, 0) is 0 Å². The highest BCUT2D eigenvalue weighted by molar-refractivity contribution is 14.1. The van der Waals surface area contributed by atoms with Gasteiger partial charge in [0.25, 0.3) is 5.91 Å². The largest absolute Gasteiger partial charge is 0.451 e. The lowest BCUT2D eigenvalue weighted by Gasteiger charge is -2.08. The molecule has 0 aliphatic heterocycles. The number of halogens is 3. The third-order valence-electron chi connectivity index (χ3n) is 4.99. The van der Waals surface area contributed by atoms with E-state index in [1.165, 1.54) is 0 Å². The molecule has 0 atom stereocenters. The Balaban J connectivity index is 1.28. The molecule has 5 rings (SSSR count). The van der Waals surface area contributed by atoms with E-state index in [0.717, 1.165) is 23.6 Å². The van der Waals surface area contributed by atoms with Crippen LogP contribution < -0.4 is 10.6 Å². The first-order valence-corrected chi connectivity index (χ1v) is 13.3. The maximum atomic E-state index is 12.6. The second-order valence-corrected chi connectivity index (χ2v) is 10.8. The fraction of sp³-hybridized carbons (Fsp3) is 0. The maximum absolute atomic E-state index is 12.6. The Morgan fingerprint density at radius 2 is 1.74 bits per heavy atom. The number of rotatable bonds is 4. The summed E-state index contributed by atoms with van der Waals surface area (Å²) in [6, 6.07) is 22.3. The van der Waals surface area contributed by atoms with Gasteiger partial charge in [0.2, 0.25) is 5.89 Å². The van der Waals surface area contributed by atoms with E-state index in [0.29, 0.717) is 28.4 Å². The number of nitrogens with zero attached hydrogens (tertiary/aromatic N) is 1. The average Bonchev–Trinajstić information content (AvgIpc) is 3.48. The van der Waals surface area contributed by atoms with Crippen molar-refractivity contribution in [3.8, 4) is 22.8 Å². The summed E-state index contributed by atoms with van der Waals surface area (Å²) >= 11 is 14.5. The molecule has 0 spiro atoms. The van der Waals surface area contributed by atoms with Gasteiger partial charge >= 0.3 is 0 Å². The summed E-state index contributed by atoms with van der Waals surface area (Å²) in [5.41, 5.74) is 3.70. The number of amides is 1. The molecule has 10 heteroatoms. The van der Waals surface area contributed by atoms with Gasteiger partial charge in [0.05, 0.1) is 5.56 Å². The number of hydrogen-bond donors (Lipinski definition) is 2. The predicted octanol–water partition coefficient (Wildman–Crippen LogP) is 8.01. The van der Waals surface area contributed by atoms with E-state index in [1.807, 2.05) is 42.5 Å². The smallest absolute Gasteiger partial charge is 0.293 e. The molecule has 2 N–H and O–H groups in total. The van der Waals surface area contributed by atoms with Crippen molar-refractivity contribution < 1.29 is 13.6 Å². The number of benzene rings is 3. The molecule has 35 heavy (non-hydrogen) atoms. The van der Waals surface area contributed by atoms with Crippen LogP contribution in [0.2, 0.25) is 0 Å². The summed E-state index contributed by atoms with van der Waals surface area (Å²) in [6.07, 6.45) is 0. The number of carbonyl (C=O) groups is 1. The van der Waals surface area contributed by atoms with Crippen molar-refractivity contribution in [2.45, 2.75) is 0 Å². The third kappa shape index (κ3) is 5.50. The van der Waals surface area contributed by atoms with Crippen molar-refractivity contribution in [1.29, 1.82) is 0 Å². The average molecular weight is 723 g/mol. The van der Waals surface area contributed by atoms with Crippen molar-refractivity contribution in [3.63, 3.8) is 0 Å². The molecule has 2 heterocycles. The van der Waals surface area contributed by atoms with Gasteiger partial charge in [0, 0.05) is 23.8 Å². The zero-order valence-corrected chi connectivity index (χ0v) is 23.8. The van der Waals surface area contributed by atoms with Crippen molar-refractivity contribution in [3.05, 3.63) is 91.1 Å². The number of aromatic nitrogens is 1. The number of anilines is 1. The van der Waals surface area contributed by atoms with E-state index >= 15 is 0 Å². The zero-order chi connectivity index (χ0) is 24.5. The summed E-state index contributed by atoms with van der Waals surface area (Å²) in [5.74, 6) is 0.817. The Morgan fingerprint density at radius 3 is 2.54 bits per heavy atom. The fourth-order valence-corrected chi connectivity index (χ4v) is 4.72. The van der Waals surface area contributed by atoms with Gasteiger partial charge in [-0.05, 0) is 111 Å². The van der Waals surface area contributed by atoms with Crippen molar-refractivity contribution >= 4 is 94.5 Å². The summed E-state index contributed by atoms with van der Waals surface area (Å²) in [4.78, 5) is 17.2. The minimum absolute atomic E-state index is 0.139. The SMILES string of the molecule is O=C(NC(=S)Nc1ccc2oc(-c3cc(I)ccc3Br)nc2c1)c1ccc(-c2ccc(Br)cc2)o1. The number of furan rings is 1. The molecule has 174 valence electrons. The van der Waals surface area contributed by atoms with Crippen LogP contribution in [-0.4, -0.2) is 16.0 Å². The molecule has 0 aliphatic rings. The second kappa shape index (κ2) is 10.2. The van der Waals surface area contributed by atoms with Crippen molar-refractivity contribution in [2.75, 3.05) is 5.32 Å². The summed E-state index contributed by atoms with van der Waals surface area (Å²) < 4.78 is 14.6. The zero-order valence-electron chi connectivity index (χ0n) is 17.6. The number of fused-ring (bicyclic) bond motifs is 1. The van der Waals surface area contributed by atoms with E-state index in [1.54, 1.807) is 30.3 Å². The quantitative estimate of drug-likeness (QED) is 0.145. The van der Waals surface area contributed by atoms with Crippen LogP contribution in [0.4, 0.5) is 5.69 Å². The molecule has 0 aliphatic carbocycles. The number of thiocarbonyl (C=S) groups is 1. The van der Waals surface area contributed by atoms with E-state index < -0.39 is 5.91 Å². The molecular formula is C25H14Br2IN3O3S. The van der Waals surface area contributed by atoms with Crippen LogP contribution in [0, 0.1) is 3.57 Å². The van der Waals surface area contributed by atoms with E-state index in [9.17, 15) is 4.79 Å². The Hall–Kier alpha value is -2.54. The Labute approximate surface area is 235 Å². The van der Waals surface area contributed by atoms with Crippen LogP contribution in [0.5, 0.6) is 0 Å². The number of nitrogens with one attached hydrogen (secondary N) is 2. The van der Waals surface area contributed by atoms with Crippen LogP contribution in [0.3, 0.4) is 0 Å². The molecule has 1 amide bonds. The number of oxazole rings is 1. The standard InChI is InChI=1S/C25H14Br2IN3O3S/c26-14-3-1-13(2-4-14)20-9-10-22(33-20)23(32)31-25(35)29-16-6-8-21-19(12-16)30-24(34-21)17-11-15(28)5-7-18(17)27/h1-12H,(H2,29,31,32,35). The maximum Gasteiger partial charge on any atom is 0.293 e. The van der Waals surface area contributed by atoms with Crippen LogP contribution in [0.1, 0.15) is 10.6 Å². The lowest BCUT2D eigenvalue weighted by molar-refractivity contribution is 0.0951. The molecule has 0 bridgehead atoms. The molecule has 3 aromatic carbocycles. The molecule has 0 fully saturated rings. The van der Waals surface area contributed by atoms with E-state index in [4.69, 9.17) is 21.1 Å². The second-order valence-electron chi connectivity index (χ2n) is 7.40. The van der Waals surface area contributed by atoms with Gasteiger partial charge in [-0.2, -0.15) is 0 Å². The Morgan fingerprint density at radius 1 is 0.943 bits per heavy atom. The van der Waals surface area contributed by atoms with Crippen LogP contribution in [0.25, 0.3) is 33.9 Å². The predicted molar refractivity (Wildman–Crippen MR) is 155 cm³/mol. The minimum atomic E-state index is -0.445. The highest BCUT2D eigenvalue weighted by Gasteiger charge is 2.15. The minimum Gasteiger partial charge on any atom is -0.451 e. The van der Waals surface area contributed by atoms with Crippen LogP contribution >= 0.6 is 66.7 Å². The first kappa shape index (κ1) is 24.2. The molecule has 5 aromatic rings. The fourth-order valence-electron chi connectivity index (χ4n) is 3.34. The van der Waals surface area contributed by atoms with Crippen LogP contribution in [0.15, 0.2) is 90.6 Å². The summed E-state index contributed by atoms with van der Waals surface area (Å²) in [5, 5.41) is 5.79. The topological polar surface area (TPSA) is 80.3 Å². The highest BCUT2D eigenvalue weighted by atomic mass is 127. The molecule has 0 saturated heterocycles. The molecule has 2 aromatic heterocycles. The van der Waals surface area contributed by atoms with Crippen molar-refractivity contribution in [1.82, 2.24) is 10.3 Å². The molecule has 0 unspecified atom stereocenters. The van der Waals surface area contributed by atoms with Gasteiger partial charge in [-0.3, -0.25) is 10.1 Å². The highest BCUT2D eigenvalue weighted by Crippen LogP contribution is 2.32. The molecule has 6 nitrogen and oxygen atoms in total. The van der Waals surface area contributed by atoms with Gasteiger partial charge in [-0.1, -0.05) is 28.1 Å². The van der Waals surface area contributed by atoms with Crippen molar-refractivity contribution in [2.24, 2.45) is 0 Å². The first-order chi connectivity index (χ1) is 16.9. The van der Waals surface area contributed by atoms with E-state index in [-0.39, 0.29) is 10.9 Å². The van der Waals surface area contributed by atoms with Gasteiger partial charge in [0.15, 0.2) is 16.5 Å². The van der Waals surface area contributed by atoms with E-state index in [2.05, 4.69) is 70.1 Å². The van der Waals surface area contributed by atoms with Gasteiger partial charge in [0.1, 0.15) is 11.3 Å². The summed E-state index contributed by atoms with van der Waals surface area (Å²) in [6.45, 7) is 0. The Bertz CT molecular complexity index is 1580. The lowest BCUT2D eigenvalue weighted by atomic mass is 10.2. The molecule has 0 saturated carbocycles. The third-order valence-corrected chi connectivity index (χ3v) is 7.09. The lowest BCUT2D eigenvalue weighted by Crippen LogP contribution is -2.33. The number of hydrogen-bond acceptors (Lipinski definition) is 5. The molecule has 0 radical (unpaired) electrons. The monoisotopic (exact) mass is 721 g/mol. The Kier molecular flexibility index (Phi) is 7.05. The number of carbonyl (C=O) groups excluding carboxylic acids is 1. The van der Waals surface area contributed by atoms with Gasteiger partial charge < -0.3 is 14.2 Å². The van der Waals surface area contributed by atoms with Gasteiger partial charge in [-0.25, -0.2) is 4.98 Å². The molecular weight excluding hydrogens is 709 g/mol. The summed E-state index contributed by atoms with van der Waals surface area (Å²) in [7, 11) is 0. The normalized spacial score (nSPS) is 10.9. The first-order valence-electron chi connectivity index (χ1n) is 10.2.